The molecule has 3 N–H and O–H groups in total. The van der Waals surface area contributed by atoms with Crippen LogP contribution in [0.25, 0.3) is 11.0 Å². The highest BCUT2D eigenvalue weighted by atomic mass is 79.9. The zero-order chi connectivity index (χ0) is 17.9. The number of fused-ring (bicyclic) bond motifs is 1. The van der Waals surface area contributed by atoms with E-state index in [0.717, 1.165) is 10.0 Å². The van der Waals surface area contributed by atoms with Gasteiger partial charge in [-0.2, -0.15) is 5.21 Å². The number of carbonyl (C=O) groups excluding carboxylic acids is 1. The second kappa shape index (κ2) is 7.00. The van der Waals surface area contributed by atoms with E-state index < -0.39 is 0 Å². The van der Waals surface area contributed by atoms with Gasteiger partial charge in [0.1, 0.15) is 17.7 Å². The van der Waals surface area contributed by atoms with E-state index in [1.165, 1.54) is 6.33 Å². The van der Waals surface area contributed by atoms with Crippen LogP contribution in [0.1, 0.15) is 27.9 Å². The summed E-state index contributed by atoms with van der Waals surface area (Å²) in [6.07, 6.45) is 3.48. The highest BCUT2D eigenvalue weighted by Gasteiger charge is 2.21. The van der Waals surface area contributed by atoms with Crippen molar-refractivity contribution >= 4 is 32.9 Å². The van der Waals surface area contributed by atoms with Gasteiger partial charge in [-0.05, 0) is 23.8 Å². The Bertz CT molecular complexity index is 1030. The van der Waals surface area contributed by atoms with Crippen molar-refractivity contribution < 1.29 is 4.79 Å². The number of benzene rings is 1. The van der Waals surface area contributed by atoms with Gasteiger partial charge in [-0.15, -0.1) is 10.2 Å². The fourth-order valence-corrected chi connectivity index (χ4v) is 2.94. The molecule has 0 saturated carbocycles. The molecule has 0 unspecified atom stereocenters. The molecule has 0 spiro atoms. The van der Waals surface area contributed by atoms with Gasteiger partial charge in [0.25, 0.3) is 5.91 Å². The summed E-state index contributed by atoms with van der Waals surface area (Å²) < 4.78 is 0.954. The average Bonchev–Trinajstić information content (AvgIpc) is 3.33. The SMILES string of the molecule is O=C(N[C@@H](Cc1nn[nH]n1)c1ccc(Br)cc1)c1ncnc2[nH]ccc12. The Labute approximate surface area is 155 Å². The molecule has 0 saturated heterocycles. The predicted octanol–water partition coefficient (Wildman–Crippen LogP) is 1.95. The molecule has 1 atom stereocenters. The largest absolute Gasteiger partial charge is 0.346 e. The van der Waals surface area contributed by atoms with E-state index in [0.29, 0.717) is 29.0 Å². The van der Waals surface area contributed by atoms with E-state index in [2.05, 4.69) is 56.8 Å². The number of H-pyrrole nitrogens is 2. The van der Waals surface area contributed by atoms with Gasteiger partial charge in [0, 0.05) is 17.1 Å². The first-order valence-corrected chi connectivity index (χ1v) is 8.57. The minimum Gasteiger partial charge on any atom is -0.346 e. The van der Waals surface area contributed by atoms with Crippen molar-refractivity contribution in [1.82, 2.24) is 40.9 Å². The van der Waals surface area contributed by atoms with Crippen LogP contribution < -0.4 is 5.32 Å². The lowest BCUT2D eigenvalue weighted by Crippen LogP contribution is -2.31. The van der Waals surface area contributed by atoms with Crippen molar-refractivity contribution in [2.24, 2.45) is 0 Å². The molecule has 26 heavy (non-hydrogen) atoms. The van der Waals surface area contributed by atoms with E-state index >= 15 is 0 Å². The molecule has 0 radical (unpaired) electrons. The van der Waals surface area contributed by atoms with Crippen LogP contribution in [0, 0.1) is 0 Å². The molecular weight excluding hydrogens is 400 g/mol. The van der Waals surface area contributed by atoms with Gasteiger partial charge in [-0.3, -0.25) is 4.79 Å². The summed E-state index contributed by atoms with van der Waals surface area (Å²) in [6, 6.07) is 9.14. The second-order valence-electron chi connectivity index (χ2n) is 5.57. The summed E-state index contributed by atoms with van der Waals surface area (Å²) in [7, 11) is 0. The summed E-state index contributed by atoms with van der Waals surface area (Å²) in [4.78, 5) is 24.1. The third-order valence-corrected chi connectivity index (χ3v) is 4.45. The molecule has 3 aromatic heterocycles. The molecule has 1 aromatic carbocycles. The van der Waals surface area contributed by atoms with E-state index in [1.54, 1.807) is 12.3 Å². The summed E-state index contributed by atoms with van der Waals surface area (Å²) >= 11 is 3.42. The number of carbonyl (C=O) groups is 1. The summed E-state index contributed by atoms with van der Waals surface area (Å²) in [5.41, 5.74) is 1.85. The van der Waals surface area contributed by atoms with Gasteiger partial charge >= 0.3 is 0 Å². The van der Waals surface area contributed by atoms with E-state index in [4.69, 9.17) is 0 Å². The Hall–Kier alpha value is -3.14. The number of hydrogen-bond acceptors (Lipinski definition) is 6. The number of nitrogens with zero attached hydrogens (tertiary/aromatic N) is 5. The van der Waals surface area contributed by atoms with Gasteiger partial charge in [0.2, 0.25) is 0 Å². The first-order chi connectivity index (χ1) is 12.7. The van der Waals surface area contributed by atoms with Crippen molar-refractivity contribution in [2.45, 2.75) is 12.5 Å². The third kappa shape index (κ3) is 3.31. The number of halogens is 1. The molecule has 4 aromatic rings. The van der Waals surface area contributed by atoms with Crippen LogP contribution >= 0.6 is 15.9 Å². The van der Waals surface area contributed by atoms with Crippen LogP contribution in [0.3, 0.4) is 0 Å². The zero-order valence-electron chi connectivity index (χ0n) is 13.3. The maximum absolute atomic E-state index is 12.8. The maximum atomic E-state index is 12.8. The molecule has 9 nitrogen and oxygen atoms in total. The van der Waals surface area contributed by atoms with Crippen LogP contribution in [-0.4, -0.2) is 41.5 Å². The Balaban J connectivity index is 1.64. The number of aromatic amines is 2. The smallest absolute Gasteiger partial charge is 0.271 e. The highest BCUT2D eigenvalue weighted by Crippen LogP contribution is 2.21. The molecule has 10 heteroatoms. The standard InChI is InChI=1S/C16H13BrN8O/c17-10-3-1-9(2-4-10)12(7-13-22-24-25-23-13)21-16(26)14-11-5-6-18-15(11)20-8-19-14/h1-6,8,12H,7H2,(H,21,26)(H,18,19,20)(H,22,23,24,25)/t12-/m0/s1. The Morgan fingerprint density at radius 1 is 1.19 bits per heavy atom. The van der Waals surface area contributed by atoms with Gasteiger partial charge in [-0.1, -0.05) is 33.3 Å². The third-order valence-electron chi connectivity index (χ3n) is 3.92. The fourth-order valence-electron chi connectivity index (χ4n) is 2.68. The lowest BCUT2D eigenvalue weighted by Gasteiger charge is -2.18. The fraction of sp³-hybridized carbons (Fsp3) is 0.125. The molecule has 0 aliphatic carbocycles. The number of aromatic nitrogens is 7. The molecule has 4 rings (SSSR count). The number of rotatable bonds is 5. The van der Waals surface area contributed by atoms with Gasteiger partial charge < -0.3 is 10.3 Å². The minimum atomic E-state index is -0.336. The first-order valence-electron chi connectivity index (χ1n) is 7.77. The molecule has 0 bridgehead atoms. The van der Waals surface area contributed by atoms with Crippen LogP contribution in [0.2, 0.25) is 0 Å². The van der Waals surface area contributed by atoms with E-state index in [-0.39, 0.29) is 11.9 Å². The highest BCUT2D eigenvalue weighted by molar-refractivity contribution is 9.10. The normalized spacial score (nSPS) is 12.2. The van der Waals surface area contributed by atoms with E-state index in [9.17, 15) is 4.79 Å². The Morgan fingerprint density at radius 2 is 2.04 bits per heavy atom. The summed E-state index contributed by atoms with van der Waals surface area (Å²) in [5, 5.41) is 17.6. The monoisotopic (exact) mass is 412 g/mol. The minimum absolute atomic E-state index is 0.298. The molecule has 0 fully saturated rings. The summed E-state index contributed by atoms with van der Waals surface area (Å²) in [5.74, 6) is 0.209. The number of amides is 1. The quantitative estimate of drug-likeness (QED) is 0.459. The van der Waals surface area contributed by atoms with Crippen molar-refractivity contribution in [3.8, 4) is 0 Å². The molecular formula is C16H13BrN8O. The molecule has 3 heterocycles. The average molecular weight is 413 g/mol. The van der Waals surface area contributed by atoms with Crippen LogP contribution in [0.5, 0.6) is 0 Å². The van der Waals surface area contributed by atoms with Crippen LogP contribution in [0.15, 0.2) is 47.3 Å². The second-order valence-corrected chi connectivity index (χ2v) is 6.49. The first kappa shape index (κ1) is 16.3. The Morgan fingerprint density at radius 3 is 2.81 bits per heavy atom. The molecule has 1 amide bonds. The van der Waals surface area contributed by atoms with Crippen molar-refractivity contribution in [3.05, 3.63) is 64.4 Å². The number of nitrogens with one attached hydrogen (secondary N) is 3. The van der Waals surface area contributed by atoms with Gasteiger partial charge in [0.05, 0.1) is 11.4 Å². The lowest BCUT2D eigenvalue weighted by molar-refractivity contribution is 0.0933. The van der Waals surface area contributed by atoms with E-state index in [1.807, 2.05) is 24.3 Å². The Kier molecular flexibility index (Phi) is 4.40. The maximum Gasteiger partial charge on any atom is 0.271 e. The predicted molar refractivity (Wildman–Crippen MR) is 96.1 cm³/mol. The summed E-state index contributed by atoms with van der Waals surface area (Å²) in [6.45, 7) is 0. The van der Waals surface area contributed by atoms with Crippen molar-refractivity contribution in [3.63, 3.8) is 0 Å². The van der Waals surface area contributed by atoms with Gasteiger partial charge in [0.15, 0.2) is 5.82 Å². The van der Waals surface area contributed by atoms with Crippen molar-refractivity contribution in [1.29, 1.82) is 0 Å². The lowest BCUT2D eigenvalue weighted by atomic mass is 10.0. The molecule has 130 valence electrons. The topological polar surface area (TPSA) is 125 Å². The van der Waals surface area contributed by atoms with Crippen molar-refractivity contribution in [2.75, 3.05) is 0 Å². The van der Waals surface area contributed by atoms with Crippen LogP contribution in [-0.2, 0) is 6.42 Å². The van der Waals surface area contributed by atoms with Gasteiger partial charge in [-0.25, -0.2) is 9.97 Å². The zero-order valence-corrected chi connectivity index (χ0v) is 14.9. The molecule has 0 aliphatic rings. The number of tetrazole rings is 1. The molecule has 0 aliphatic heterocycles. The van der Waals surface area contributed by atoms with Crippen LogP contribution in [0.4, 0.5) is 0 Å². The number of hydrogen-bond donors (Lipinski definition) is 3.